The van der Waals surface area contributed by atoms with Crippen molar-refractivity contribution in [1.82, 2.24) is 14.9 Å². The van der Waals surface area contributed by atoms with E-state index in [0.717, 1.165) is 34.3 Å². The Balaban J connectivity index is 2.41. The molecule has 0 spiro atoms. The van der Waals surface area contributed by atoms with Gasteiger partial charge >= 0.3 is 0 Å². The zero-order valence-corrected chi connectivity index (χ0v) is 14.9. The molecule has 0 saturated heterocycles. The number of nitrogens with one attached hydrogen (secondary N) is 1. The van der Waals surface area contributed by atoms with Gasteiger partial charge in [-0.15, -0.1) is 0 Å². The molecule has 5 heteroatoms. The Bertz CT molecular complexity index is 546. The summed E-state index contributed by atoms with van der Waals surface area (Å²) in [4.78, 5) is 4.56. The van der Waals surface area contributed by atoms with Crippen molar-refractivity contribution in [2.75, 3.05) is 6.54 Å². The van der Waals surface area contributed by atoms with Crippen LogP contribution >= 0.6 is 31.9 Å². The Morgan fingerprint density at radius 2 is 1.90 bits per heavy atom. The van der Waals surface area contributed by atoms with E-state index in [9.17, 15) is 0 Å². The lowest BCUT2D eigenvalue weighted by Gasteiger charge is -2.20. The molecule has 0 amide bonds. The Morgan fingerprint density at radius 3 is 2.50 bits per heavy atom. The van der Waals surface area contributed by atoms with Gasteiger partial charge < -0.3 is 9.88 Å². The third-order valence-corrected chi connectivity index (χ3v) is 4.01. The predicted molar refractivity (Wildman–Crippen MR) is 89.9 cm³/mol. The van der Waals surface area contributed by atoms with Gasteiger partial charge in [0.25, 0.3) is 0 Å². The van der Waals surface area contributed by atoms with Gasteiger partial charge in [0.05, 0.1) is 6.04 Å². The van der Waals surface area contributed by atoms with Crippen LogP contribution in [0.1, 0.15) is 37.7 Å². The topological polar surface area (TPSA) is 29.9 Å². The summed E-state index contributed by atoms with van der Waals surface area (Å²) in [7, 11) is 0. The van der Waals surface area contributed by atoms with Crippen LogP contribution in [-0.2, 0) is 6.54 Å². The van der Waals surface area contributed by atoms with Crippen molar-refractivity contribution < 1.29 is 0 Å². The van der Waals surface area contributed by atoms with Crippen molar-refractivity contribution in [2.24, 2.45) is 0 Å². The highest BCUT2D eigenvalue weighted by atomic mass is 79.9. The molecular weight excluding hydrogens is 382 g/mol. The largest absolute Gasteiger partial charge is 0.333 e. The maximum Gasteiger partial charge on any atom is 0.130 e. The minimum Gasteiger partial charge on any atom is -0.333 e. The second kappa shape index (κ2) is 7.38. The van der Waals surface area contributed by atoms with Crippen molar-refractivity contribution in [3.05, 3.63) is 50.9 Å². The Hall–Kier alpha value is -0.650. The lowest BCUT2D eigenvalue weighted by Crippen LogP contribution is -2.25. The quantitative estimate of drug-likeness (QED) is 0.772. The van der Waals surface area contributed by atoms with E-state index >= 15 is 0 Å². The number of aryl methyl sites for hydroxylation is 1. The number of benzene rings is 1. The summed E-state index contributed by atoms with van der Waals surface area (Å²) in [6.07, 6.45) is 5.03. The summed E-state index contributed by atoms with van der Waals surface area (Å²) in [5.41, 5.74) is 1.21. The van der Waals surface area contributed by atoms with E-state index in [4.69, 9.17) is 0 Å². The fraction of sp³-hybridized carbons (Fsp3) is 0.400. The van der Waals surface area contributed by atoms with E-state index in [1.807, 2.05) is 12.3 Å². The molecule has 3 nitrogen and oxygen atoms in total. The van der Waals surface area contributed by atoms with Gasteiger partial charge in [0.2, 0.25) is 0 Å². The van der Waals surface area contributed by atoms with Crippen molar-refractivity contribution in [3.8, 4) is 0 Å². The van der Waals surface area contributed by atoms with Gasteiger partial charge in [-0.3, -0.25) is 0 Å². The van der Waals surface area contributed by atoms with Gasteiger partial charge in [-0.25, -0.2) is 4.98 Å². The van der Waals surface area contributed by atoms with Gasteiger partial charge in [0.15, 0.2) is 0 Å². The minimum absolute atomic E-state index is 0.107. The van der Waals surface area contributed by atoms with E-state index in [1.54, 1.807) is 0 Å². The van der Waals surface area contributed by atoms with Gasteiger partial charge in [-0.05, 0) is 36.7 Å². The Labute approximate surface area is 137 Å². The molecule has 1 unspecified atom stereocenters. The summed E-state index contributed by atoms with van der Waals surface area (Å²) >= 11 is 7.12. The first-order valence-electron chi connectivity index (χ1n) is 6.86. The number of hydrogen-bond donors (Lipinski definition) is 1. The van der Waals surface area contributed by atoms with E-state index in [0.29, 0.717) is 0 Å². The van der Waals surface area contributed by atoms with Crippen LogP contribution in [0.4, 0.5) is 0 Å². The first kappa shape index (κ1) is 15.7. The molecule has 2 aromatic rings. The van der Waals surface area contributed by atoms with Crippen molar-refractivity contribution >= 4 is 31.9 Å². The van der Waals surface area contributed by atoms with E-state index in [-0.39, 0.29) is 6.04 Å². The lowest BCUT2D eigenvalue weighted by molar-refractivity contribution is 0.544. The van der Waals surface area contributed by atoms with Crippen LogP contribution in [0.5, 0.6) is 0 Å². The summed E-state index contributed by atoms with van der Waals surface area (Å²) in [6.45, 7) is 6.19. The van der Waals surface area contributed by atoms with Crippen LogP contribution in [0.3, 0.4) is 0 Å². The predicted octanol–water partition coefficient (Wildman–Crippen LogP) is 4.52. The molecule has 2 rings (SSSR count). The molecule has 0 aliphatic heterocycles. The van der Waals surface area contributed by atoms with Crippen molar-refractivity contribution in [3.63, 3.8) is 0 Å². The van der Waals surface area contributed by atoms with E-state index in [1.165, 1.54) is 5.56 Å². The molecule has 1 atom stereocenters. The van der Waals surface area contributed by atoms with Crippen LogP contribution in [0.2, 0.25) is 0 Å². The number of halogens is 2. The standard InChI is InChI=1S/C15H19Br2N3/c1-3-6-20-7-5-19-15(20)14(18-4-2)11-8-12(16)10-13(17)9-11/h5,7-10,14,18H,3-4,6H2,1-2H3. The maximum absolute atomic E-state index is 4.56. The molecule has 108 valence electrons. The van der Waals surface area contributed by atoms with Crippen LogP contribution < -0.4 is 5.32 Å². The molecule has 0 aliphatic carbocycles. The summed E-state index contributed by atoms with van der Waals surface area (Å²) in [5.74, 6) is 1.07. The van der Waals surface area contributed by atoms with Crippen molar-refractivity contribution in [2.45, 2.75) is 32.9 Å². The summed E-state index contributed by atoms with van der Waals surface area (Å²) < 4.78 is 4.36. The van der Waals surface area contributed by atoms with Gasteiger partial charge in [-0.2, -0.15) is 0 Å². The zero-order valence-electron chi connectivity index (χ0n) is 11.7. The monoisotopic (exact) mass is 399 g/mol. The molecule has 1 N–H and O–H groups in total. The highest BCUT2D eigenvalue weighted by molar-refractivity contribution is 9.11. The molecule has 1 heterocycles. The Morgan fingerprint density at radius 1 is 1.20 bits per heavy atom. The molecule has 0 saturated carbocycles. The number of nitrogens with zero attached hydrogens (tertiary/aromatic N) is 2. The highest BCUT2D eigenvalue weighted by Gasteiger charge is 2.18. The molecule has 0 radical (unpaired) electrons. The van der Waals surface area contributed by atoms with Gasteiger partial charge in [0, 0.05) is 27.9 Å². The number of rotatable bonds is 6. The third kappa shape index (κ3) is 3.71. The maximum atomic E-state index is 4.56. The third-order valence-electron chi connectivity index (χ3n) is 3.10. The first-order valence-corrected chi connectivity index (χ1v) is 8.44. The molecule has 0 aliphatic rings. The number of imidazole rings is 1. The van der Waals surface area contributed by atoms with Gasteiger partial charge in [0.1, 0.15) is 5.82 Å². The first-order chi connectivity index (χ1) is 9.65. The molecule has 1 aromatic carbocycles. The molecule has 0 bridgehead atoms. The van der Waals surface area contributed by atoms with E-state index < -0.39 is 0 Å². The molecule has 1 aromatic heterocycles. The summed E-state index contributed by atoms with van der Waals surface area (Å²) in [5, 5.41) is 3.53. The average Bonchev–Trinajstić information content (AvgIpc) is 2.83. The summed E-state index contributed by atoms with van der Waals surface area (Å²) in [6, 6.07) is 6.44. The van der Waals surface area contributed by atoms with Crippen LogP contribution in [0.25, 0.3) is 0 Å². The second-order valence-electron chi connectivity index (χ2n) is 4.67. The van der Waals surface area contributed by atoms with Crippen molar-refractivity contribution in [1.29, 1.82) is 0 Å². The fourth-order valence-corrected chi connectivity index (χ4v) is 3.64. The molecule has 0 fully saturated rings. The highest BCUT2D eigenvalue weighted by Crippen LogP contribution is 2.27. The molecular formula is C15H19Br2N3. The number of aromatic nitrogens is 2. The smallest absolute Gasteiger partial charge is 0.130 e. The van der Waals surface area contributed by atoms with E-state index in [2.05, 4.69) is 78.9 Å². The SMILES string of the molecule is CCCn1ccnc1C(NCC)c1cc(Br)cc(Br)c1. The minimum atomic E-state index is 0.107. The van der Waals surface area contributed by atoms with Gasteiger partial charge in [-0.1, -0.05) is 45.7 Å². The normalized spacial score (nSPS) is 12.6. The number of hydrogen-bond acceptors (Lipinski definition) is 2. The molecule has 20 heavy (non-hydrogen) atoms. The van der Waals surface area contributed by atoms with Crippen LogP contribution in [0, 0.1) is 0 Å². The van der Waals surface area contributed by atoms with Crippen LogP contribution in [0.15, 0.2) is 39.5 Å². The lowest BCUT2D eigenvalue weighted by atomic mass is 10.1. The zero-order chi connectivity index (χ0) is 14.5. The van der Waals surface area contributed by atoms with Crippen LogP contribution in [-0.4, -0.2) is 16.1 Å². The average molecular weight is 401 g/mol. The second-order valence-corrected chi connectivity index (χ2v) is 6.50. The Kier molecular flexibility index (Phi) is 5.81. The fourth-order valence-electron chi connectivity index (χ4n) is 2.32.